The SMILES string of the molecule is CC1=CC(C)C([Si](c2cc(Cc3ccccc3)cc(Cc3ccccc3)c2)(c2cc(Cc3ccccc3)cc(Cc3ccccc3)c2)c2cc(Cc3ccccc3)cc(Cc3ccccc3)c2)=C1C. The Labute approximate surface area is 412 Å². The summed E-state index contributed by atoms with van der Waals surface area (Å²) in [4.78, 5) is 0. The maximum absolute atomic E-state index is 3.22. The molecule has 0 nitrogen and oxygen atoms in total. The Hall–Kier alpha value is -7.32. The monoisotopic (exact) mass is 906 g/mol. The average Bonchev–Trinajstić information content (AvgIpc) is 3.62. The van der Waals surface area contributed by atoms with Gasteiger partial charge >= 0.3 is 0 Å². The number of allylic oxidation sites excluding steroid dienone is 4. The summed E-state index contributed by atoms with van der Waals surface area (Å²) < 4.78 is 0. The maximum Gasteiger partial charge on any atom is 0.176 e. The van der Waals surface area contributed by atoms with E-state index < -0.39 is 8.07 Å². The Morgan fingerprint density at radius 1 is 0.290 bits per heavy atom. The Bertz CT molecular complexity index is 2710. The molecule has 0 heterocycles. The summed E-state index contributed by atoms with van der Waals surface area (Å²) in [5.74, 6) is 0.248. The summed E-state index contributed by atoms with van der Waals surface area (Å²) in [6.45, 7) is 7.26. The first kappa shape index (κ1) is 45.5. The predicted octanol–water partition coefficient (Wildman–Crippen LogP) is 14.2. The summed E-state index contributed by atoms with van der Waals surface area (Å²) in [5.41, 5.74) is 19.0. The van der Waals surface area contributed by atoms with E-state index in [9.17, 15) is 0 Å². The first-order valence-corrected chi connectivity index (χ1v) is 26.9. The number of hydrogen-bond donors (Lipinski definition) is 0. The van der Waals surface area contributed by atoms with Crippen LogP contribution in [0.4, 0.5) is 0 Å². The summed E-state index contributed by atoms with van der Waals surface area (Å²) in [7, 11) is -3.22. The third-order valence-corrected chi connectivity index (χ3v) is 19.4. The quantitative estimate of drug-likeness (QED) is 0.0669. The van der Waals surface area contributed by atoms with Crippen LogP contribution in [0.25, 0.3) is 0 Å². The summed E-state index contributed by atoms with van der Waals surface area (Å²) in [6, 6.07) is 89.9. The summed E-state index contributed by atoms with van der Waals surface area (Å²) in [5, 5.41) is 6.01. The molecule has 0 N–H and O–H groups in total. The highest BCUT2D eigenvalue weighted by atomic mass is 28.3. The largest absolute Gasteiger partial charge is 0.176 e. The van der Waals surface area contributed by atoms with Crippen LogP contribution >= 0.6 is 0 Å². The van der Waals surface area contributed by atoms with Crippen molar-refractivity contribution < 1.29 is 0 Å². The fraction of sp³-hybridized carbons (Fsp3) is 0.147. The lowest BCUT2D eigenvalue weighted by molar-refractivity contribution is 0.922. The van der Waals surface area contributed by atoms with Gasteiger partial charge in [-0.2, -0.15) is 0 Å². The standard InChI is InChI=1S/C68H62Si/c1-50-34-51(2)68(52(50)3)69(65-44-59(35-53-22-10-4-11-23-53)41-60(45-65)36-54-24-12-5-13-25-54,66-46-61(37-55-26-14-6-15-27-55)42-62(47-66)38-56-28-16-7-17-29-56)67-48-63(39-57-30-18-8-19-31-57)43-64(49-67)40-58-32-20-9-21-33-58/h4-34,41-49,51H,35-40H2,1-3H3. The highest BCUT2D eigenvalue weighted by molar-refractivity contribution is 7.16. The third-order valence-electron chi connectivity index (χ3n) is 14.3. The van der Waals surface area contributed by atoms with Gasteiger partial charge < -0.3 is 0 Å². The first-order valence-electron chi connectivity index (χ1n) is 24.9. The molecule has 0 aromatic heterocycles. The van der Waals surface area contributed by atoms with Crippen molar-refractivity contribution in [3.63, 3.8) is 0 Å². The van der Waals surface area contributed by atoms with E-state index in [1.54, 1.807) is 5.20 Å². The molecule has 0 saturated carbocycles. The third kappa shape index (κ3) is 10.6. The second-order valence-corrected chi connectivity index (χ2v) is 23.3. The van der Waals surface area contributed by atoms with E-state index in [0.29, 0.717) is 0 Å². The molecular weight excluding hydrogens is 845 g/mol. The zero-order valence-corrected chi connectivity index (χ0v) is 41.4. The molecule has 0 bridgehead atoms. The Morgan fingerprint density at radius 2 is 0.507 bits per heavy atom. The van der Waals surface area contributed by atoms with Crippen LogP contribution < -0.4 is 15.6 Å². The van der Waals surface area contributed by atoms with Gasteiger partial charge in [-0.1, -0.05) is 266 Å². The smallest absolute Gasteiger partial charge is 0.0748 e. The Kier molecular flexibility index (Phi) is 13.8. The predicted molar refractivity (Wildman–Crippen MR) is 295 cm³/mol. The van der Waals surface area contributed by atoms with E-state index in [1.165, 1.54) is 93.5 Å². The second kappa shape index (κ2) is 20.9. The minimum atomic E-state index is -3.22. The minimum Gasteiger partial charge on any atom is -0.0748 e. The molecule has 0 saturated heterocycles. The topological polar surface area (TPSA) is 0 Å². The van der Waals surface area contributed by atoms with Gasteiger partial charge in [0.25, 0.3) is 0 Å². The van der Waals surface area contributed by atoms with Crippen LogP contribution in [0.2, 0.25) is 0 Å². The summed E-state index contributed by atoms with van der Waals surface area (Å²) >= 11 is 0. The molecule has 1 aliphatic carbocycles. The van der Waals surface area contributed by atoms with Crippen molar-refractivity contribution in [1.82, 2.24) is 0 Å². The fourth-order valence-electron chi connectivity index (χ4n) is 11.3. The fourth-order valence-corrected chi connectivity index (χ4v) is 17.1. The van der Waals surface area contributed by atoms with Crippen molar-refractivity contribution in [3.05, 3.63) is 326 Å². The molecule has 10 rings (SSSR count). The molecule has 1 atom stereocenters. The van der Waals surface area contributed by atoms with Crippen molar-refractivity contribution in [2.24, 2.45) is 5.92 Å². The second-order valence-electron chi connectivity index (χ2n) is 19.5. The van der Waals surface area contributed by atoms with Crippen LogP contribution in [-0.2, 0) is 38.5 Å². The van der Waals surface area contributed by atoms with E-state index in [2.05, 4.69) is 263 Å². The van der Waals surface area contributed by atoms with E-state index in [-0.39, 0.29) is 5.92 Å². The molecule has 69 heavy (non-hydrogen) atoms. The maximum atomic E-state index is 2.65. The molecular formula is C68H62Si. The number of benzene rings is 9. The van der Waals surface area contributed by atoms with Crippen molar-refractivity contribution in [2.75, 3.05) is 0 Å². The molecule has 338 valence electrons. The molecule has 9 aromatic rings. The van der Waals surface area contributed by atoms with Crippen molar-refractivity contribution in [2.45, 2.75) is 59.3 Å². The molecule has 1 heteroatoms. The average molecular weight is 907 g/mol. The molecule has 1 unspecified atom stereocenters. The lowest BCUT2D eigenvalue weighted by Crippen LogP contribution is -2.70. The van der Waals surface area contributed by atoms with Gasteiger partial charge in [0.15, 0.2) is 8.07 Å². The van der Waals surface area contributed by atoms with Crippen LogP contribution in [0.1, 0.15) is 87.5 Å². The zero-order chi connectivity index (χ0) is 47.0. The van der Waals surface area contributed by atoms with Crippen LogP contribution in [0, 0.1) is 5.92 Å². The van der Waals surface area contributed by atoms with E-state index in [0.717, 1.165) is 38.5 Å². The van der Waals surface area contributed by atoms with Crippen molar-refractivity contribution in [1.29, 1.82) is 0 Å². The van der Waals surface area contributed by atoms with Crippen LogP contribution in [0.15, 0.2) is 259 Å². The van der Waals surface area contributed by atoms with Gasteiger partial charge in [-0.25, -0.2) is 0 Å². The van der Waals surface area contributed by atoms with Gasteiger partial charge in [0, 0.05) is 0 Å². The van der Waals surface area contributed by atoms with Crippen LogP contribution in [-0.4, -0.2) is 8.07 Å². The zero-order valence-electron chi connectivity index (χ0n) is 40.4. The molecule has 1 aliphatic rings. The molecule has 0 spiro atoms. The molecule has 0 aliphatic heterocycles. The van der Waals surface area contributed by atoms with Crippen molar-refractivity contribution in [3.8, 4) is 0 Å². The number of hydrogen-bond acceptors (Lipinski definition) is 0. The lowest BCUT2D eigenvalue weighted by atomic mass is 9.99. The van der Waals surface area contributed by atoms with E-state index in [4.69, 9.17) is 0 Å². The van der Waals surface area contributed by atoms with Crippen LogP contribution in [0.3, 0.4) is 0 Å². The normalized spacial score (nSPS) is 13.7. The van der Waals surface area contributed by atoms with Gasteiger partial charge in [-0.3, -0.25) is 0 Å². The Balaban J connectivity index is 1.32. The highest BCUT2D eigenvalue weighted by Crippen LogP contribution is 2.38. The van der Waals surface area contributed by atoms with Gasteiger partial charge in [0.2, 0.25) is 0 Å². The van der Waals surface area contributed by atoms with E-state index in [1.807, 2.05) is 0 Å². The van der Waals surface area contributed by atoms with Crippen LogP contribution in [0.5, 0.6) is 0 Å². The van der Waals surface area contributed by atoms with Gasteiger partial charge in [0.05, 0.1) is 0 Å². The number of rotatable bonds is 16. The van der Waals surface area contributed by atoms with Gasteiger partial charge in [-0.15, -0.1) is 0 Å². The van der Waals surface area contributed by atoms with Gasteiger partial charge in [0.1, 0.15) is 0 Å². The first-order chi connectivity index (χ1) is 33.8. The highest BCUT2D eigenvalue weighted by Gasteiger charge is 2.48. The van der Waals surface area contributed by atoms with Crippen molar-refractivity contribution >= 4 is 23.6 Å². The molecule has 0 fully saturated rings. The molecule has 9 aromatic carbocycles. The Morgan fingerprint density at radius 3 is 0.696 bits per heavy atom. The summed E-state index contributed by atoms with van der Waals surface area (Å²) in [6.07, 6.45) is 7.76. The molecule has 0 radical (unpaired) electrons. The minimum absolute atomic E-state index is 0.248. The lowest BCUT2D eigenvalue weighted by Gasteiger charge is -2.40. The van der Waals surface area contributed by atoms with E-state index >= 15 is 0 Å². The molecule has 0 amide bonds. The van der Waals surface area contributed by atoms with Gasteiger partial charge in [-0.05, 0) is 141 Å².